The summed E-state index contributed by atoms with van der Waals surface area (Å²) in [5.74, 6) is 6.75. The molecule has 0 heterocycles. The molecule has 0 amide bonds. The van der Waals surface area contributed by atoms with Gasteiger partial charge in [0.25, 0.3) is 0 Å². The molecule has 0 heteroatoms. The minimum Gasteiger partial charge on any atom is -0.107 e. The van der Waals surface area contributed by atoms with E-state index in [0.717, 1.165) is 18.8 Å². The zero-order valence-electron chi connectivity index (χ0n) is 7.11. The Bertz CT molecular complexity index is 114. The molecule has 0 aromatic heterocycles. The smallest absolute Gasteiger partial charge is 0.0114 e. The summed E-state index contributed by atoms with van der Waals surface area (Å²) in [6, 6.07) is 0. The van der Waals surface area contributed by atoms with Crippen LogP contribution in [0.25, 0.3) is 0 Å². The summed E-state index contributed by atoms with van der Waals surface area (Å²) in [5.41, 5.74) is 0. The standard InChI is InChI=1S/C10H17/c1-4-6-8-10(3)9-7-5-2/h10H,1,4,6,8-9H2,2-3H3. The van der Waals surface area contributed by atoms with Gasteiger partial charge in [-0.1, -0.05) is 26.7 Å². The van der Waals surface area contributed by atoms with E-state index in [9.17, 15) is 0 Å². The van der Waals surface area contributed by atoms with E-state index < -0.39 is 0 Å². The van der Waals surface area contributed by atoms with Crippen LogP contribution in [0.5, 0.6) is 0 Å². The van der Waals surface area contributed by atoms with Gasteiger partial charge in [-0.3, -0.25) is 0 Å². The predicted octanol–water partition coefficient (Wildman–Crippen LogP) is 3.04. The van der Waals surface area contributed by atoms with E-state index in [1.807, 2.05) is 6.92 Å². The summed E-state index contributed by atoms with van der Waals surface area (Å²) >= 11 is 0. The first-order valence-electron chi connectivity index (χ1n) is 4.00. The Kier molecular flexibility index (Phi) is 6.38. The summed E-state index contributed by atoms with van der Waals surface area (Å²) in [7, 11) is 0. The highest BCUT2D eigenvalue weighted by atomic mass is 14.0. The van der Waals surface area contributed by atoms with Crippen LogP contribution >= 0.6 is 0 Å². The minimum atomic E-state index is 0.759. The second-order valence-corrected chi connectivity index (χ2v) is 2.73. The average molecular weight is 137 g/mol. The zero-order valence-corrected chi connectivity index (χ0v) is 7.11. The van der Waals surface area contributed by atoms with Crippen molar-refractivity contribution < 1.29 is 0 Å². The van der Waals surface area contributed by atoms with Crippen molar-refractivity contribution in [2.45, 2.75) is 39.5 Å². The molecule has 0 spiro atoms. The number of hydrogen-bond acceptors (Lipinski definition) is 0. The van der Waals surface area contributed by atoms with Gasteiger partial charge in [0.2, 0.25) is 0 Å². The maximum absolute atomic E-state index is 3.80. The van der Waals surface area contributed by atoms with E-state index in [-0.39, 0.29) is 0 Å². The van der Waals surface area contributed by atoms with Crippen LogP contribution in [-0.2, 0) is 0 Å². The fraction of sp³-hybridized carbons (Fsp3) is 0.700. The maximum Gasteiger partial charge on any atom is 0.0114 e. The van der Waals surface area contributed by atoms with Crippen LogP contribution < -0.4 is 0 Å². The molecule has 0 saturated heterocycles. The van der Waals surface area contributed by atoms with E-state index in [1.165, 1.54) is 12.8 Å². The molecule has 0 N–H and O–H groups in total. The van der Waals surface area contributed by atoms with Crippen molar-refractivity contribution in [2.24, 2.45) is 5.92 Å². The Labute approximate surface area is 65.0 Å². The van der Waals surface area contributed by atoms with E-state index in [0.29, 0.717) is 0 Å². The molecular weight excluding hydrogens is 120 g/mol. The fourth-order valence-electron chi connectivity index (χ4n) is 0.871. The van der Waals surface area contributed by atoms with Gasteiger partial charge in [0.05, 0.1) is 0 Å². The lowest BCUT2D eigenvalue weighted by molar-refractivity contribution is 0.525. The molecule has 0 saturated carbocycles. The Hall–Kier alpha value is -0.440. The third kappa shape index (κ3) is 5.69. The van der Waals surface area contributed by atoms with Gasteiger partial charge in [0, 0.05) is 6.42 Å². The monoisotopic (exact) mass is 137 g/mol. The summed E-state index contributed by atoms with van der Waals surface area (Å²) in [5, 5.41) is 0. The van der Waals surface area contributed by atoms with Gasteiger partial charge < -0.3 is 0 Å². The molecule has 1 unspecified atom stereocenters. The third-order valence-corrected chi connectivity index (χ3v) is 1.57. The topological polar surface area (TPSA) is 0 Å². The second kappa shape index (κ2) is 6.68. The summed E-state index contributed by atoms with van der Waals surface area (Å²) in [6.07, 6.45) is 4.63. The first kappa shape index (κ1) is 9.56. The van der Waals surface area contributed by atoms with Crippen molar-refractivity contribution in [1.82, 2.24) is 0 Å². The second-order valence-electron chi connectivity index (χ2n) is 2.73. The van der Waals surface area contributed by atoms with Crippen molar-refractivity contribution in [2.75, 3.05) is 0 Å². The minimum absolute atomic E-state index is 0.759. The molecule has 1 radical (unpaired) electrons. The van der Waals surface area contributed by atoms with Gasteiger partial charge in [-0.05, 0) is 19.3 Å². The van der Waals surface area contributed by atoms with Crippen LogP contribution in [0, 0.1) is 24.7 Å². The van der Waals surface area contributed by atoms with Gasteiger partial charge in [-0.2, -0.15) is 0 Å². The lowest BCUT2D eigenvalue weighted by Gasteiger charge is -2.04. The highest BCUT2D eigenvalue weighted by Gasteiger charge is 1.96. The third-order valence-electron chi connectivity index (χ3n) is 1.57. The molecule has 0 aromatic carbocycles. The van der Waals surface area contributed by atoms with Gasteiger partial charge in [0.15, 0.2) is 0 Å². The van der Waals surface area contributed by atoms with Crippen molar-refractivity contribution in [1.29, 1.82) is 0 Å². The molecule has 0 aliphatic heterocycles. The van der Waals surface area contributed by atoms with Crippen molar-refractivity contribution in [3.63, 3.8) is 0 Å². The van der Waals surface area contributed by atoms with Crippen LogP contribution in [0.2, 0.25) is 0 Å². The quantitative estimate of drug-likeness (QED) is 0.522. The molecule has 57 valence electrons. The fourth-order valence-corrected chi connectivity index (χ4v) is 0.871. The lowest BCUT2D eigenvalue weighted by Crippen LogP contribution is -1.91. The molecule has 0 aliphatic rings. The van der Waals surface area contributed by atoms with E-state index in [2.05, 4.69) is 25.7 Å². The van der Waals surface area contributed by atoms with Crippen LogP contribution in [0.4, 0.5) is 0 Å². The van der Waals surface area contributed by atoms with Crippen molar-refractivity contribution >= 4 is 0 Å². The Morgan fingerprint density at radius 3 is 2.70 bits per heavy atom. The first-order valence-corrected chi connectivity index (χ1v) is 4.00. The molecule has 10 heavy (non-hydrogen) atoms. The summed E-state index contributed by atoms with van der Waals surface area (Å²) < 4.78 is 0. The van der Waals surface area contributed by atoms with E-state index >= 15 is 0 Å². The van der Waals surface area contributed by atoms with E-state index in [4.69, 9.17) is 0 Å². The average Bonchev–Trinajstić information content (AvgIpc) is 1.97. The molecule has 0 nitrogen and oxygen atoms in total. The van der Waals surface area contributed by atoms with Crippen molar-refractivity contribution in [3.8, 4) is 11.8 Å². The van der Waals surface area contributed by atoms with E-state index in [1.54, 1.807) is 0 Å². The van der Waals surface area contributed by atoms with Gasteiger partial charge in [-0.15, -0.1) is 11.8 Å². The van der Waals surface area contributed by atoms with Gasteiger partial charge >= 0.3 is 0 Å². The molecular formula is C10H17. The van der Waals surface area contributed by atoms with Crippen LogP contribution in [0.15, 0.2) is 0 Å². The molecule has 1 atom stereocenters. The van der Waals surface area contributed by atoms with Crippen LogP contribution in [0.3, 0.4) is 0 Å². The van der Waals surface area contributed by atoms with Gasteiger partial charge in [-0.25, -0.2) is 0 Å². The number of rotatable bonds is 4. The maximum atomic E-state index is 3.80. The Balaban J connectivity index is 3.21. The highest BCUT2D eigenvalue weighted by molar-refractivity contribution is 4.95. The SMILES string of the molecule is [CH2]CCCC(C)CC#CC. The number of hydrogen-bond donors (Lipinski definition) is 0. The largest absolute Gasteiger partial charge is 0.107 e. The predicted molar refractivity (Wildman–Crippen MR) is 46.4 cm³/mol. The summed E-state index contributed by atoms with van der Waals surface area (Å²) in [4.78, 5) is 0. The first-order chi connectivity index (χ1) is 4.81. The Morgan fingerprint density at radius 1 is 1.50 bits per heavy atom. The highest BCUT2D eigenvalue weighted by Crippen LogP contribution is 2.09. The molecule has 0 bridgehead atoms. The van der Waals surface area contributed by atoms with Crippen molar-refractivity contribution in [3.05, 3.63) is 6.92 Å². The molecule has 0 aliphatic carbocycles. The lowest BCUT2D eigenvalue weighted by atomic mass is 10.0. The zero-order chi connectivity index (χ0) is 7.82. The molecule has 0 aromatic rings. The molecule has 0 fully saturated rings. The molecule has 0 rings (SSSR count). The summed E-state index contributed by atoms with van der Waals surface area (Å²) in [6.45, 7) is 7.95. The van der Waals surface area contributed by atoms with Crippen LogP contribution in [0.1, 0.15) is 39.5 Å². The number of unbranched alkanes of at least 4 members (excludes halogenated alkanes) is 1. The van der Waals surface area contributed by atoms with Gasteiger partial charge in [0.1, 0.15) is 0 Å². The van der Waals surface area contributed by atoms with Crippen LogP contribution in [-0.4, -0.2) is 0 Å². The Morgan fingerprint density at radius 2 is 2.20 bits per heavy atom. The normalized spacial score (nSPS) is 11.9.